The molecule has 4 aromatic rings. The largest absolute Gasteiger partial charge is 0.496 e. The summed E-state index contributed by atoms with van der Waals surface area (Å²) in [6, 6.07) is 5.60. The molecule has 0 N–H and O–H groups in total. The molecule has 222 valence electrons. The Hall–Kier alpha value is -4.06. The van der Waals surface area contributed by atoms with Gasteiger partial charge in [0.1, 0.15) is 34.5 Å². The van der Waals surface area contributed by atoms with E-state index in [4.69, 9.17) is 14.2 Å². The molecule has 2 aromatic carbocycles. The first-order valence-corrected chi connectivity index (χ1v) is 14.4. The van der Waals surface area contributed by atoms with Crippen molar-refractivity contribution in [1.29, 1.82) is 0 Å². The summed E-state index contributed by atoms with van der Waals surface area (Å²) in [4.78, 5) is 25.2. The minimum absolute atomic E-state index is 0.156. The van der Waals surface area contributed by atoms with Crippen LogP contribution in [0.1, 0.15) is 51.8 Å². The number of amides is 1. The van der Waals surface area contributed by atoms with Gasteiger partial charge in [0.2, 0.25) is 0 Å². The summed E-state index contributed by atoms with van der Waals surface area (Å²) < 4.78 is 35.6. The van der Waals surface area contributed by atoms with Gasteiger partial charge in [-0.2, -0.15) is 0 Å². The monoisotopic (exact) mass is 577 g/mol. The van der Waals surface area contributed by atoms with Gasteiger partial charge in [0.15, 0.2) is 12.0 Å². The second kappa shape index (κ2) is 11.0. The van der Waals surface area contributed by atoms with Gasteiger partial charge in [-0.15, -0.1) is 5.10 Å². The van der Waals surface area contributed by atoms with Crippen molar-refractivity contribution in [2.75, 3.05) is 44.8 Å². The highest BCUT2D eigenvalue weighted by atomic mass is 19.1. The molecule has 0 saturated carbocycles. The van der Waals surface area contributed by atoms with Gasteiger partial charge in [-0.1, -0.05) is 11.3 Å². The number of nitrogens with zero attached hydrogens (tertiary/aromatic N) is 7. The van der Waals surface area contributed by atoms with Gasteiger partial charge < -0.3 is 24.0 Å². The first-order valence-electron chi connectivity index (χ1n) is 14.4. The summed E-state index contributed by atoms with van der Waals surface area (Å²) in [5.74, 6) is 0.522. The van der Waals surface area contributed by atoms with Gasteiger partial charge in [0, 0.05) is 43.9 Å². The summed E-state index contributed by atoms with van der Waals surface area (Å²) in [5.41, 5.74) is 2.79. The zero-order chi connectivity index (χ0) is 29.6. The van der Waals surface area contributed by atoms with E-state index in [1.54, 1.807) is 22.8 Å². The van der Waals surface area contributed by atoms with E-state index in [0.29, 0.717) is 66.4 Å². The molecule has 2 saturated heterocycles. The van der Waals surface area contributed by atoms with Crippen LogP contribution in [0.3, 0.4) is 0 Å². The second-order valence-corrected chi connectivity index (χ2v) is 11.8. The second-order valence-electron chi connectivity index (χ2n) is 11.8. The zero-order valence-electron chi connectivity index (χ0n) is 24.7. The van der Waals surface area contributed by atoms with E-state index in [1.165, 1.54) is 6.33 Å². The Balaban J connectivity index is 1.38. The number of ether oxygens (including phenoxy) is 3. The van der Waals surface area contributed by atoms with Crippen molar-refractivity contribution < 1.29 is 23.4 Å². The Kier molecular flexibility index (Phi) is 7.34. The summed E-state index contributed by atoms with van der Waals surface area (Å²) in [5, 5.41) is 9.38. The quantitative estimate of drug-likeness (QED) is 0.321. The van der Waals surface area contributed by atoms with E-state index in [0.717, 1.165) is 30.3 Å². The topological polar surface area (TPSA) is 108 Å². The smallest absolute Gasteiger partial charge is 0.410 e. The lowest BCUT2D eigenvalue weighted by molar-refractivity contribution is -0.0377. The fraction of sp³-hybridized carbons (Fsp3) is 0.500. The molecule has 1 unspecified atom stereocenters. The molecule has 2 aliphatic heterocycles. The average Bonchev–Trinajstić information content (AvgIpc) is 3.41. The van der Waals surface area contributed by atoms with E-state index in [1.807, 2.05) is 44.7 Å². The van der Waals surface area contributed by atoms with Crippen LogP contribution in [0.4, 0.5) is 15.0 Å². The maximum Gasteiger partial charge on any atom is 0.410 e. The highest BCUT2D eigenvalue weighted by Crippen LogP contribution is 2.42. The Morgan fingerprint density at radius 3 is 2.57 bits per heavy atom. The van der Waals surface area contributed by atoms with Crippen molar-refractivity contribution in [2.45, 2.75) is 58.8 Å². The summed E-state index contributed by atoms with van der Waals surface area (Å²) in [6.07, 6.45) is 3.76. The van der Waals surface area contributed by atoms with Crippen molar-refractivity contribution in [2.24, 2.45) is 0 Å². The first-order chi connectivity index (χ1) is 20.2. The molecule has 1 amide bonds. The maximum absolute atomic E-state index is 16.5. The number of aryl methyl sites for hydroxylation is 1. The minimum Gasteiger partial charge on any atom is -0.496 e. The Labute approximate surface area is 243 Å². The highest BCUT2D eigenvalue weighted by molar-refractivity contribution is 6.02. The van der Waals surface area contributed by atoms with Crippen molar-refractivity contribution >= 4 is 33.8 Å². The standard InChI is InChI=1S/C30H36FN7O4/c1-18-9-10-20-26(34-35-38(20)22-8-6-7-15-41-22)23(18)19-16-21(40-5)24-27(25(19)31)32-17-33-28(24)36-11-13-37(14-12-36)29(39)42-30(2,3)4/h9-10,16-17,22H,6-8,11-15H2,1-5H3. The van der Waals surface area contributed by atoms with E-state index in [9.17, 15) is 4.79 Å². The molecule has 0 aliphatic carbocycles. The normalized spacial score (nSPS) is 18.1. The van der Waals surface area contributed by atoms with Gasteiger partial charge in [-0.3, -0.25) is 0 Å². The average molecular weight is 578 g/mol. The Bertz CT molecular complexity index is 1640. The number of benzene rings is 2. The van der Waals surface area contributed by atoms with Crippen LogP contribution in [0.5, 0.6) is 5.75 Å². The van der Waals surface area contributed by atoms with E-state index in [-0.39, 0.29) is 17.8 Å². The fourth-order valence-electron chi connectivity index (χ4n) is 5.75. The number of piperazine rings is 1. The third-order valence-corrected chi connectivity index (χ3v) is 7.79. The Morgan fingerprint density at radius 1 is 1.10 bits per heavy atom. The maximum atomic E-state index is 16.5. The highest BCUT2D eigenvalue weighted by Gasteiger charge is 2.30. The number of hydrogen-bond acceptors (Lipinski definition) is 9. The number of aromatic nitrogens is 5. The van der Waals surface area contributed by atoms with Crippen LogP contribution < -0.4 is 9.64 Å². The third kappa shape index (κ3) is 5.08. The number of halogens is 1. The van der Waals surface area contributed by atoms with Crippen molar-refractivity contribution in [3.05, 3.63) is 35.9 Å². The number of methoxy groups -OCH3 is 1. The molecule has 2 fully saturated rings. The SMILES string of the molecule is COc1cc(-c2c(C)ccc3c2nnn3C2CCCCO2)c(F)c2ncnc(N3CCN(C(=O)OC(C)(C)C)CC3)c12. The van der Waals surface area contributed by atoms with Gasteiger partial charge in [0.25, 0.3) is 0 Å². The third-order valence-electron chi connectivity index (χ3n) is 7.79. The molecular weight excluding hydrogens is 541 g/mol. The van der Waals surface area contributed by atoms with Gasteiger partial charge in [-0.25, -0.2) is 23.8 Å². The van der Waals surface area contributed by atoms with Crippen LogP contribution in [0, 0.1) is 12.7 Å². The lowest BCUT2D eigenvalue weighted by atomic mass is 9.96. The number of carbonyl (C=O) groups is 1. The molecule has 42 heavy (non-hydrogen) atoms. The van der Waals surface area contributed by atoms with Gasteiger partial charge in [0.05, 0.1) is 18.0 Å². The lowest BCUT2D eigenvalue weighted by Gasteiger charge is -2.36. The molecular formula is C30H36FN7O4. The lowest BCUT2D eigenvalue weighted by Crippen LogP contribution is -2.50. The predicted molar refractivity (Wildman–Crippen MR) is 156 cm³/mol. The minimum atomic E-state index is -0.569. The summed E-state index contributed by atoms with van der Waals surface area (Å²) in [7, 11) is 1.55. The molecule has 11 nitrogen and oxygen atoms in total. The molecule has 0 bridgehead atoms. The number of fused-ring (bicyclic) bond motifs is 2. The summed E-state index contributed by atoms with van der Waals surface area (Å²) in [6.45, 7) is 10.0. The fourth-order valence-corrected chi connectivity index (χ4v) is 5.75. The number of hydrogen-bond donors (Lipinski definition) is 0. The number of carbonyl (C=O) groups excluding carboxylic acids is 1. The van der Waals surface area contributed by atoms with Crippen LogP contribution in [0.2, 0.25) is 0 Å². The van der Waals surface area contributed by atoms with Crippen LogP contribution >= 0.6 is 0 Å². The van der Waals surface area contributed by atoms with E-state index in [2.05, 4.69) is 20.3 Å². The molecule has 2 aliphatic rings. The molecule has 0 spiro atoms. The van der Waals surface area contributed by atoms with Crippen LogP contribution in [0.15, 0.2) is 24.5 Å². The molecule has 6 rings (SSSR count). The van der Waals surface area contributed by atoms with E-state index >= 15 is 4.39 Å². The molecule has 2 aromatic heterocycles. The van der Waals surface area contributed by atoms with Crippen molar-refractivity contribution in [1.82, 2.24) is 29.9 Å². The van der Waals surface area contributed by atoms with E-state index < -0.39 is 11.4 Å². The van der Waals surface area contributed by atoms with Crippen molar-refractivity contribution in [3.63, 3.8) is 0 Å². The Morgan fingerprint density at radius 2 is 1.88 bits per heavy atom. The first kappa shape index (κ1) is 28.1. The number of anilines is 1. The van der Waals surface area contributed by atoms with Gasteiger partial charge in [-0.05, 0) is 64.7 Å². The zero-order valence-corrected chi connectivity index (χ0v) is 24.7. The van der Waals surface area contributed by atoms with Crippen LogP contribution in [-0.2, 0) is 9.47 Å². The molecule has 1 atom stereocenters. The van der Waals surface area contributed by atoms with Crippen LogP contribution in [0.25, 0.3) is 33.1 Å². The summed E-state index contributed by atoms with van der Waals surface area (Å²) >= 11 is 0. The molecule has 4 heterocycles. The predicted octanol–water partition coefficient (Wildman–Crippen LogP) is 5.25. The van der Waals surface area contributed by atoms with Gasteiger partial charge >= 0.3 is 6.09 Å². The number of rotatable bonds is 4. The van der Waals surface area contributed by atoms with Crippen molar-refractivity contribution in [3.8, 4) is 16.9 Å². The molecule has 12 heteroatoms. The van der Waals surface area contributed by atoms with Crippen LogP contribution in [-0.4, -0.2) is 81.5 Å². The molecule has 0 radical (unpaired) electrons.